The van der Waals surface area contributed by atoms with E-state index in [4.69, 9.17) is 9.47 Å². The molecule has 0 saturated heterocycles. The molecule has 2 nitrogen and oxygen atoms in total. The molecule has 0 N–H and O–H groups in total. The minimum Gasteiger partial charge on any atom is -0.376 e. The van der Waals surface area contributed by atoms with Gasteiger partial charge in [0.05, 0.1) is 25.4 Å². The van der Waals surface area contributed by atoms with E-state index in [0.717, 1.165) is 13.2 Å². The summed E-state index contributed by atoms with van der Waals surface area (Å²) >= 11 is 3.84. The second-order valence-corrected chi connectivity index (χ2v) is 6.88. The van der Waals surface area contributed by atoms with E-state index in [9.17, 15) is 0 Å². The molecule has 2 saturated carbocycles. The Kier molecular flexibility index (Phi) is 4.90. The first-order chi connectivity index (χ1) is 8.15. The Bertz CT molecular complexity index is 236. The van der Waals surface area contributed by atoms with E-state index in [1.54, 1.807) is 0 Å². The molecule has 0 aromatic carbocycles. The zero-order valence-electron chi connectivity index (χ0n) is 11.1. The molecule has 17 heavy (non-hydrogen) atoms. The van der Waals surface area contributed by atoms with Crippen LogP contribution in [-0.2, 0) is 9.47 Å². The summed E-state index contributed by atoms with van der Waals surface area (Å²) in [4.78, 5) is 0.686. The van der Waals surface area contributed by atoms with Crippen molar-refractivity contribution in [2.24, 2.45) is 5.41 Å². The molecule has 0 aliphatic heterocycles. The number of rotatable bonds is 5. The fourth-order valence-electron chi connectivity index (χ4n) is 3.25. The van der Waals surface area contributed by atoms with E-state index in [-0.39, 0.29) is 0 Å². The fraction of sp³-hybridized carbons (Fsp3) is 1.00. The highest BCUT2D eigenvalue weighted by Crippen LogP contribution is 2.56. The molecule has 3 heteroatoms. The van der Waals surface area contributed by atoms with Crippen molar-refractivity contribution in [1.29, 1.82) is 0 Å². The summed E-state index contributed by atoms with van der Waals surface area (Å²) in [5.74, 6) is 0. The molecule has 2 aliphatic rings. The number of alkyl halides is 1. The quantitative estimate of drug-likeness (QED) is 0.566. The minimum absolute atomic E-state index is 0.313. The number of halogens is 1. The van der Waals surface area contributed by atoms with Gasteiger partial charge in [-0.3, -0.25) is 0 Å². The first kappa shape index (κ1) is 13.8. The largest absolute Gasteiger partial charge is 0.376 e. The summed E-state index contributed by atoms with van der Waals surface area (Å²) in [7, 11) is 0. The molecule has 1 spiro atoms. The first-order valence-electron chi connectivity index (χ1n) is 7.02. The van der Waals surface area contributed by atoms with E-state index < -0.39 is 0 Å². The molecular formula is C14H25BrO2. The van der Waals surface area contributed by atoms with Crippen molar-refractivity contribution < 1.29 is 9.47 Å². The van der Waals surface area contributed by atoms with E-state index in [2.05, 4.69) is 29.8 Å². The van der Waals surface area contributed by atoms with Crippen LogP contribution < -0.4 is 0 Å². The molecule has 0 amide bonds. The molecular weight excluding hydrogens is 280 g/mol. The lowest BCUT2D eigenvalue weighted by atomic mass is 9.58. The van der Waals surface area contributed by atoms with Gasteiger partial charge in [-0.2, -0.15) is 0 Å². The maximum atomic E-state index is 6.04. The lowest BCUT2D eigenvalue weighted by Gasteiger charge is -2.55. The number of ether oxygens (including phenoxy) is 2. The van der Waals surface area contributed by atoms with Gasteiger partial charge in [-0.1, -0.05) is 35.2 Å². The molecule has 100 valence electrons. The second kappa shape index (κ2) is 6.03. The van der Waals surface area contributed by atoms with Crippen molar-refractivity contribution in [2.45, 2.75) is 69.4 Å². The van der Waals surface area contributed by atoms with E-state index in [1.165, 1.54) is 38.5 Å². The molecule has 2 rings (SSSR count). The van der Waals surface area contributed by atoms with Gasteiger partial charge in [0.2, 0.25) is 0 Å². The van der Waals surface area contributed by atoms with Crippen molar-refractivity contribution in [3.8, 4) is 0 Å². The molecule has 2 fully saturated rings. The molecule has 0 radical (unpaired) electrons. The predicted octanol–water partition coefficient (Wildman–Crippen LogP) is 3.91. The van der Waals surface area contributed by atoms with Crippen LogP contribution in [0.25, 0.3) is 0 Å². The number of hydrogen-bond donors (Lipinski definition) is 0. The molecule has 2 unspecified atom stereocenters. The molecule has 0 aromatic heterocycles. The number of hydrogen-bond acceptors (Lipinski definition) is 2. The second-order valence-electron chi connectivity index (χ2n) is 5.78. The van der Waals surface area contributed by atoms with Gasteiger partial charge in [-0.15, -0.1) is 0 Å². The zero-order valence-corrected chi connectivity index (χ0v) is 12.7. The maximum Gasteiger partial charge on any atom is 0.0704 e. The van der Waals surface area contributed by atoms with Crippen LogP contribution in [0.4, 0.5) is 0 Å². The molecule has 0 aromatic rings. The van der Waals surface area contributed by atoms with Crippen molar-refractivity contribution in [3.63, 3.8) is 0 Å². The highest BCUT2D eigenvalue weighted by atomic mass is 79.9. The van der Waals surface area contributed by atoms with Gasteiger partial charge in [0.15, 0.2) is 0 Å². The van der Waals surface area contributed by atoms with Crippen LogP contribution in [0.1, 0.15) is 52.4 Å². The van der Waals surface area contributed by atoms with Crippen LogP contribution in [0.3, 0.4) is 0 Å². The average Bonchev–Trinajstić information content (AvgIpc) is 2.34. The topological polar surface area (TPSA) is 18.5 Å². The summed E-state index contributed by atoms with van der Waals surface area (Å²) in [5, 5.41) is 0. The molecule has 0 bridgehead atoms. The Labute approximate surface area is 114 Å². The van der Waals surface area contributed by atoms with Gasteiger partial charge < -0.3 is 9.47 Å². The van der Waals surface area contributed by atoms with Gasteiger partial charge in [-0.25, -0.2) is 0 Å². The van der Waals surface area contributed by atoms with Crippen molar-refractivity contribution in [1.82, 2.24) is 0 Å². The SMILES string of the molecule is CC(C)OCCOC1CC(Br)C12CCCCC2. The third-order valence-electron chi connectivity index (χ3n) is 4.32. The Balaban J connectivity index is 1.73. The Hall–Kier alpha value is 0.400. The Morgan fingerprint density at radius 3 is 2.47 bits per heavy atom. The van der Waals surface area contributed by atoms with Crippen LogP contribution in [0, 0.1) is 5.41 Å². The summed E-state index contributed by atoms with van der Waals surface area (Å²) in [6, 6.07) is 0. The van der Waals surface area contributed by atoms with Crippen LogP contribution >= 0.6 is 15.9 Å². The standard InChI is InChI=1S/C14H25BrO2/c1-11(2)16-8-9-17-13-10-12(15)14(13)6-4-3-5-7-14/h11-13H,3-10H2,1-2H3. The maximum absolute atomic E-state index is 6.04. The van der Waals surface area contributed by atoms with Gasteiger partial charge in [0, 0.05) is 10.2 Å². The van der Waals surface area contributed by atoms with Gasteiger partial charge in [-0.05, 0) is 33.1 Å². The van der Waals surface area contributed by atoms with Crippen molar-refractivity contribution in [3.05, 3.63) is 0 Å². The van der Waals surface area contributed by atoms with Crippen molar-refractivity contribution in [2.75, 3.05) is 13.2 Å². The normalized spacial score (nSPS) is 31.8. The fourth-order valence-corrected chi connectivity index (χ4v) is 4.34. The van der Waals surface area contributed by atoms with Gasteiger partial charge in [0.1, 0.15) is 0 Å². The third kappa shape index (κ3) is 3.05. The summed E-state index contributed by atoms with van der Waals surface area (Å²) in [6.07, 6.45) is 8.83. The zero-order chi connectivity index (χ0) is 12.3. The lowest BCUT2D eigenvalue weighted by molar-refractivity contribution is -0.132. The van der Waals surface area contributed by atoms with Crippen molar-refractivity contribution >= 4 is 15.9 Å². The smallest absolute Gasteiger partial charge is 0.0704 e. The summed E-state index contributed by atoms with van der Waals surface area (Å²) < 4.78 is 11.6. The monoisotopic (exact) mass is 304 g/mol. The summed E-state index contributed by atoms with van der Waals surface area (Å²) in [6.45, 7) is 5.63. The van der Waals surface area contributed by atoms with Gasteiger partial charge in [0.25, 0.3) is 0 Å². The highest BCUT2D eigenvalue weighted by Gasteiger charge is 2.54. The Morgan fingerprint density at radius 1 is 1.18 bits per heavy atom. The molecule has 0 heterocycles. The third-order valence-corrected chi connectivity index (χ3v) is 5.61. The molecule has 2 aliphatic carbocycles. The van der Waals surface area contributed by atoms with Crippen LogP contribution in [-0.4, -0.2) is 30.2 Å². The molecule has 2 atom stereocenters. The first-order valence-corrected chi connectivity index (χ1v) is 7.94. The predicted molar refractivity (Wildman–Crippen MR) is 73.7 cm³/mol. The van der Waals surface area contributed by atoms with E-state index in [0.29, 0.717) is 22.5 Å². The van der Waals surface area contributed by atoms with E-state index in [1.807, 2.05) is 0 Å². The summed E-state index contributed by atoms with van der Waals surface area (Å²) in [5.41, 5.74) is 0.454. The van der Waals surface area contributed by atoms with E-state index >= 15 is 0 Å². The van der Waals surface area contributed by atoms with Crippen LogP contribution in [0.15, 0.2) is 0 Å². The average molecular weight is 305 g/mol. The minimum atomic E-state index is 0.313. The Morgan fingerprint density at radius 2 is 1.88 bits per heavy atom. The van der Waals surface area contributed by atoms with Crippen LogP contribution in [0.5, 0.6) is 0 Å². The van der Waals surface area contributed by atoms with Gasteiger partial charge >= 0.3 is 0 Å². The highest BCUT2D eigenvalue weighted by molar-refractivity contribution is 9.09. The lowest BCUT2D eigenvalue weighted by Crippen LogP contribution is -2.56. The van der Waals surface area contributed by atoms with Crippen LogP contribution in [0.2, 0.25) is 0 Å².